The van der Waals surface area contributed by atoms with Crippen molar-refractivity contribution in [2.45, 2.75) is 39.3 Å². The standard InChI is InChI=1S/C15H24N2O/c1-11-5-4-8-17(12(11)2)10-13-9-14(16)6-7-15(13)18-3/h6-7,9,11-12H,4-5,8,10,16H2,1-3H3. The molecule has 0 saturated carbocycles. The number of ether oxygens (including phenoxy) is 1. The van der Waals surface area contributed by atoms with Crippen LogP contribution in [0.5, 0.6) is 5.75 Å². The summed E-state index contributed by atoms with van der Waals surface area (Å²) in [6, 6.07) is 6.52. The number of likely N-dealkylation sites (tertiary alicyclic amines) is 1. The highest BCUT2D eigenvalue weighted by atomic mass is 16.5. The first-order valence-corrected chi connectivity index (χ1v) is 6.78. The molecule has 0 radical (unpaired) electrons. The first kappa shape index (κ1) is 13.2. The average Bonchev–Trinajstić information content (AvgIpc) is 2.35. The van der Waals surface area contributed by atoms with Crippen LogP contribution in [-0.4, -0.2) is 24.6 Å². The van der Waals surface area contributed by atoms with E-state index >= 15 is 0 Å². The Hall–Kier alpha value is -1.22. The number of benzene rings is 1. The highest BCUT2D eigenvalue weighted by Crippen LogP contribution is 2.28. The zero-order chi connectivity index (χ0) is 13.1. The van der Waals surface area contributed by atoms with Gasteiger partial charge in [-0.1, -0.05) is 6.92 Å². The van der Waals surface area contributed by atoms with E-state index in [1.807, 2.05) is 18.2 Å². The maximum Gasteiger partial charge on any atom is 0.123 e. The van der Waals surface area contributed by atoms with Crippen LogP contribution in [0.4, 0.5) is 5.69 Å². The van der Waals surface area contributed by atoms with E-state index in [0.717, 1.165) is 23.9 Å². The monoisotopic (exact) mass is 248 g/mol. The fourth-order valence-corrected chi connectivity index (χ4v) is 2.79. The molecule has 1 aromatic carbocycles. The van der Waals surface area contributed by atoms with E-state index in [0.29, 0.717) is 6.04 Å². The van der Waals surface area contributed by atoms with Crippen LogP contribution >= 0.6 is 0 Å². The molecule has 0 aromatic heterocycles. The van der Waals surface area contributed by atoms with Gasteiger partial charge in [0.05, 0.1) is 7.11 Å². The first-order valence-electron chi connectivity index (χ1n) is 6.78. The number of hydrogen-bond donors (Lipinski definition) is 1. The van der Waals surface area contributed by atoms with Gasteiger partial charge in [-0.05, 0) is 50.4 Å². The van der Waals surface area contributed by atoms with Crippen molar-refractivity contribution in [3.8, 4) is 5.75 Å². The second kappa shape index (κ2) is 5.61. The minimum absolute atomic E-state index is 0.630. The Bertz CT molecular complexity index is 405. The SMILES string of the molecule is COc1ccc(N)cc1CN1CCCC(C)C1C. The third-order valence-corrected chi connectivity index (χ3v) is 4.18. The lowest BCUT2D eigenvalue weighted by molar-refractivity contribution is 0.105. The number of anilines is 1. The lowest BCUT2D eigenvalue weighted by atomic mass is 9.91. The van der Waals surface area contributed by atoms with Crippen molar-refractivity contribution in [2.75, 3.05) is 19.4 Å². The molecule has 1 aromatic rings. The Morgan fingerprint density at radius 1 is 1.39 bits per heavy atom. The molecule has 0 spiro atoms. The summed E-state index contributed by atoms with van der Waals surface area (Å²) in [5.41, 5.74) is 7.88. The predicted octanol–water partition coefficient (Wildman–Crippen LogP) is 2.90. The third-order valence-electron chi connectivity index (χ3n) is 4.18. The number of nitrogen functional groups attached to an aromatic ring is 1. The molecule has 2 rings (SSSR count). The van der Waals surface area contributed by atoms with Crippen LogP contribution in [0, 0.1) is 5.92 Å². The molecule has 3 heteroatoms. The molecule has 0 aliphatic carbocycles. The van der Waals surface area contributed by atoms with Gasteiger partial charge in [0.15, 0.2) is 0 Å². The molecule has 1 aliphatic heterocycles. The molecule has 0 bridgehead atoms. The molecule has 2 unspecified atom stereocenters. The van der Waals surface area contributed by atoms with Gasteiger partial charge in [-0.25, -0.2) is 0 Å². The number of hydrogen-bond acceptors (Lipinski definition) is 3. The fraction of sp³-hybridized carbons (Fsp3) is 0.600. The summed E-state index contributed by atoms with van der Waals surface area (Å²) in [6.07, 6.45) is 2.63. The summed E-state index contributed by atoms with van der Waals surface area (Å²) in [5, 5.41) is 0. The minimum atomic E-state index is 0.630. The van der Waals surface area contributed by atoms with E-state index in [1.54, 1.807) is 7.11 Å². The summed E-state index contributed by atoms with van der Waals surface area (Å²) >= 11 is 0. The van der Waals surface area contributed by atoms with Crippen molar-refractivity contribution in [3.05, 3.63) is 23.8 Å². The molecule has 0 amide bonds. The van der Waals surface area contributed by atoms with Crippen molar-refractivity contribution in [1.82, 2.24) is 4.90 Å². The molecule has 1 aliphatic rings. The topological polar surface area (TPSA) is 38.5 Å². The van der Waals surface area contributed by atoms with Crippen LogP contribution in [-0.2, 0) is 6.54 Å². The van der Waals surface area contributed by atoms with Crippen molar-refractivity contribution in [2.24, 2.45) is 5.92 Å². The highest BCUT2D eigenvalue weighted by Gasteiger charge is 2.25. The van der Waals surface area contributed by atoms with Gasteiger partial charge in [-0.15, -0.1) is 0 Å². The minimum Gasteiger partial charge on any atom is -0.496 e. The van der Waals surface area contributed by atoms with Crippen LogP contribution in [0.3, 0.4) is 0 Å². The molecule has 18 heavy (non-hydrogen) atoms. The summed E-state index contributed by atoms with van der Waals surface area (Å²) in [4.78, 5) is 2.53. The summed E-state index contributed by atoms with van der Waals surface area (Å²) in [7, 11) is 1.72. The van der Waals surface area contributed by atoms with E-state index in [1.165, 1.54) is 24.9 Å². The molecule has 1 fully saturated rings. The highest BCUT2D eigenvalue weighted by molar-refractivity contribution is 5.47. The van der Waals surface area contributed by atoms with Crippen LogP contribution in [0.25, 0.3) is 0 Å². The molecule has 1 heterocycles. The number of nitrogens with zero attached hydrogens (tertiary/aromatic N) is 1. The summed E-state index contributed by atoms with van der Waals surface area (Å²) in [6.45, 7) is 6.76. The van der Waals surface area contributed by atoms with E-state index in [9.17, 15) is 0 Å². The lowest BCUT2D eigenvalue weighted by Gasteiger charge is -2.38. The molecule has 1 saturated heterocycles. The summed E-state index contributed by atoms with van der Waals surface area (Å²) in [5.74, 6) is 1.71. The maximum atomic E-state index is 5.88. The third kappa shape index (κ3) is 2.78. The Morgan fingerprint density at radius 3 is 2.89 bits per heavy atom. The van der Waals surface area contributed by atoms with Crippen molar-refractivity contribution >= 4 is 5.69 Å². The van der Waals surface area contributed by atoms with E-state index in [2.05, 4.69) is 18.7 Å². The van der Waals surface area contributed by atoms with Crippen LogP contribution < -0.4 is 10.5 Å². The Morgan fingerprint density at radius 2 is 2.17 bits per heavy atom. The molecule has 100 valence electrons. The van der Waals surface area contributed by atoms with Gasteiger partial charge in [0.25, 0.3) is 0 Å². The van der Waals surface area contributed by atoms with Crippen LogP contribution in [0.15, 0.2) is 18.2 Å². The molecule has 3 nitrogen and oxygen atoms in total. The fourth-order valence-electron chi connectivity index (χ4n) is 2.79. The molecule has 2 N–H and O–H groups in total. The van der Waals surface area contributed by atoms with Gasteiger partial charge in [0, 0.05) is 23.8 Å². The maximum absolute atomic E-state index is 5.88. The van der Waals surface area contributed by atoms with Gasteiger partial charge in [0.2, 0.25) is 0 Å². The van der Waals surface area contributed by atoms with Gasteiger partial charge in [-0.2, -0.15) is 0 Å². The molecular formula is C15H24N2O. The number of rotatable bonds is 3. The largest absolute Gasteiger partial charge is 0.496 e. The van der Waals surface area contributed by atoms with Crippen LogP contribution in [0.2, 0.25) is 0 Å². The zero-order valence-electron chi connectivity index (χ0n) is 11.6. The van der Waals surface area contributed by atoms with Crippen molar-refractivity contribution in [1.29, 1.82) is 0 Å². The zero-order valence-corrected chi connectivity index (χ0v) is 11.6. The van der Waals surface area contributed by atoms with Gasteiger partial charge in [0.1, 0.15) is 5.75 Å². The predicted molar refractivity (Wildman–Crippen MR) is 75.7 cm³/mol. The first-order chi connectivity index (χ1) is 8.61. The number of nitrogens with two attached hydrogens (primary N) is 1. The van der Waals surface area contributed by atoms with Crippen LogP contribution in [0.1, 0.15) is 32.3 Å². The quantitative estimate of drug-likeness (QED) is 0.836. The van der Waals surface area contributed by atoms with Crippen molar-refractivity contribution in [3.63, 3.8) is 0 Å². The van der Waals surface area contributed by atoms with Crippen molar-refractivity contribution < 1.29 is 4.74 Å². The molecular weight excluding hydrogens is 224 g/mol. The average molecular weight is 248 g/mol. The second-order valence-corrected chi connectivity index (χ2v) is 5.40. The second-order valence-electron chi connectivity index (χ2n) is 5.40. The normalized spacial score (nSPS) is 25.1. The van der Waals surface area contributed by atoms with Gasteiger partial charge >= 0.3 is 0 Å². The van der Waals surface area contributed by atoms with Gasteiger partial charge in [-0.3, -0.25) is 4.90 Å². The number of piperidine rings is 1. The van der Waals surface area contributed by atoms with E-state index < -0.39 is 0 Å². The van der Waals surface area contributed by atoms with E-state index in [-0.39, 0.29) is 0 Å². The van der Waals surface area contributed by atoms with E-state index in [4.69, 9.17) is 10.5 Å². The van der Waals surface area contributed by atoms with Gasteiger partial charge < -0.3 is 10.5 Å². The Labute approximate surface area is 110 Å². The Kier molecular flexibility index (Phi) is 4.12. The Balaban J connectivity index is 2.15. The smallest absolute Gasteiger partial charge is 0.123 e. The number of methoxy groups -OCH3 is 1. The molecule has 2 atom stereocenters. The lowest BCUT2D eigenvalue weighted by Crippen LogP contribution is -2.41. The summed E-state index contributed by atoms with van der Waals surface area (Å²) < 4.78 is 5.42.